The minimum Gasteiger partial charge on any atom is -0.321 e. The van der Waals surface area contributed by atoms with Crippen LogP contribution in [-0.2, 0) is 5.54 Å². The summed E-state index contributed by atoms with van der Waals surface area (Å²) in [7, 11) is 0. The lowest BCUT2D eigenvalue weighted by atomic mass is 9.69. The highest BCUT2D eigenvalue weighted by molar-refractivity contribution is 9.10. The van der Waals surface area contributed by atoms with Gasteiger partial charge in [0.1, 0.15) is 5.82 Å². The summed E-state index contributed by atoms with van der Waals surface area (Å²) in [5.41, 5.74) is 4.66. The molecule has 5 heteroatoms. The number of hydrogen-bond donors (Lipinski definition) is 1. The molecular formula is C10H9BrF3N. The molecule has 82 valence electrons. The van der Waals surface area contributed by atoms with E-state index in [0.29, 0.717) is 4.47 Å². The van der Waals surface area contributed by atoms with Crippen molar-refractivity contribution in [2.45, 2.75) is 24.3 Å². The van der Waals surface area contributed by atoms with E-state index in [4.69, 9.17) is 5.73 Å². The van der Waals surface area contributed by atoms with Gasteiger partial charge in [0.25, 0.3) is 5.92 Å². The topological polar surface area (TPSA) is 26.0 Å². The highest BCUT2D eigenvalue weighted by Crippen LogP contribution is 2.50. The summed E-state index contributed by atoms with van der Waals surface area (Å²) in [5, 5.41) is 0. The average Bonchev–Trinajstić information content (AvgIpc) is 1.98. The molecule has 2 N–H and O–H groups in total. The highest BCUT2D eigenvalue weighted by atomic mass is 79.9. The first-order valence-electron chi connectivity index (χ1n) is 4.45. The lowest BCUT2D eigenvalue weighted by molar-refractivity contribution is -0.125. The standard InChI is InChI=1S/C10H9BrF3N/c11-6-1-2-7(8(12)3-6)9(15)4-10(13,14)5-9/h1-3H,4-5,15H2. The zero-order valence-corrected chi connectivity index (χ0v) is 9.32. The Balaban J connectivity index is 2.32. The molecule has 0 saturated heterocycles. The fourth-order valence-electron chi connectivity index (χ4n) is 1.95. The zero-order valence-electron chi connectivity index (χ0n) is 7.74. The molecule has 0 aliphatic heterocycles. The van der Waals surface area contributed by atoms with Gasteiger partial charge in [-0.15, -0.1) is 0 Å². The monoisotopic (exact) mass is 279 g/mol. The second kappa shape index (κ2) is 3.22. The molecule has 1 aliphatic rings. The van der Waals surface area contributed by atoms with Crippen molar-refractivity contribution in [1.82, 2.24) is 0 Å². The van der Waals surface area contributed by atoms with E-state index in [1.165, 1.54) is 12.1 Å². The maximum Gasteiger partial charge on any atom is 0.252 e. The largest absolute Gasteiger partial charge is 0.321 e. The molecule has 2 rings (SSSR count). The van der Waals surface area contributed by atoms with Gasteiger partial charge in [0, 0.05) is 22.9 Å². The predicted molar refractivity (Wildman–Crippen MR) is 54.1 cm³/mol. The van der Waals surface area contributed by atoms with Crippen molar-refractivity contribution in [2.24, 2.45) is 5.73 Å². The van der Waals surface area contributed by atoms with Crippen LogP contribution in [0.2, 0.25) is 0 Å². The molecule has 0 aromatic heterocycles. The Bertz CT molecular complexity index is 398. The van der Waals surface area contributed by atoms with Gasteiger partial charge in [0.15, 0.2) is 0 Å². The third kappa shape index (κ3) is 1.90. The lowest BCUT2D eigenvalue weighted by Crippen LogP contribution is -2.55. The van der Waals surface area contributed by atoms with Crippen LogP contribution < -0.4 is 5.73 Å². The smallest absolute Gasteiger partial charge is 0.252 e. The molecule has 1 aromatic carbocycles. The second-order valence-electron chi connectivity index (χ2n) is 3.99. The molecule has 0 unspecified atom stereocenters. The van der Waals surface area contributed by atoms with Gasteiger partial charge in [-0.2, -0.15) is 0 Å². The molecule has 0 heterocycles. The number of alkyl halides is 2. The Morgan fingerprint density at radius 1 is 1.27 bits per heavy atom. The summed E-state index contributed by atoms with van der Waals surface area (Å²) < 4.78 is 39.5. The maximum atomic E-state index is 13.5. The second-order valence-corrected chi connectivity index (χ2v) is 4.91. The van der Waals surface area contributed by atoms with E-state index >= 15 is 0 Å². The van der Waals surface area contributed by atoms with Crippen LogP contribution in [0.3, 0.4) is 0 Å². The minimum absolute atomic E-state index is 0.164. The number of halogens is 4. The van der Waals surface area contributed by atoms with Crippen LogP contribution in [0.15, 0.2) is 22.7 Å². The fourth-order valence-corrected chi connectivity index (χ4v) is 2.29. The molecule has 1 fully saturated rings. The summed E-state index contributed by atoms with van der Waals surface area (Å²) in [5.74, 6) is -3.30. The van der Waals surface area contributed by atoms with Gasteiger partial charge >= 0.3 is 0 Å². The van der Waals surface area contributed by atoms with Crippen LogP contribution in [0.4, 0.5) is 13.2 Å². The third-order valence-electron chi connectivity index (χ3n) is 2.62. The average molecular weight is 280 g/mol. The molecule has 0 amide bonds. The Hall–Kier alpha value is -0.550. The number of rotatable bonds is 1. The molecule has 0 bridgehead atoms. The Kier molecular flexibility index (Phi) is 2.35. The summed E-state index contributed by atoms with van der Waals surface area (Å²) in [4.78, 5) is 0. The molecule has 1 aliphatic carbocycles. The van der Waals surface area contributed by atoms with E-state index in [1.54, 1.807) is 6.07 Å². The van der Waals surface area contributed by atoms with Crippen molar-refractivity contribution in [1.29, 1.82) is 0 Å². The van der Waals surface area contributed by atoms with Gasteiger partial charge in [0.2, 0.25) is 0 Å². The van der Waals surface area contributed by atoms with Crippen LogP contribution in [-0.4, -0.2) is 5.92 Å². The van der Waals surface area contributed by atoms with Crippen molar-refractivity contribution < 1.29 is 13.2 Å². The van der Waals surface area contributed by atoms with Crippen LogP contribution >= 0.6 is 15.9 Å². The van der Waals surface area contributed by atoms with Crippen molar-refractivity contribution in [3.05, 3.63) is 34.1 Å². The number of benzene rings is 1. The molecule has 1 saturated carbocycles. The Morgan fingerprint density at radius 3 is 2.33 bits per heavy atom. The van der Waals surface area contributed by atoms with E-state index < -0.39 is 30.1 Å². The van der Waals surface area contributed by atoms with E-state index in [-0.39, 0.29) is 5.56 Å². The van der Waals surface area contributed by atoms with Crippen LogP contribution in [0.25, 0.3) is 0 Å². The highest BCUT2D eigenvalue weighted by Gasteiger charge is 2.56. The third-order valence-corrected chi connectivity index (χ3v) is 3.11. The zero-order chi connectivity index (χ0) is 11.3. The van der Waals surface area contributed by atoms with Crippen molar-refractivity contribution in [3.8, 4) is 0 Å². The van der Waals surface area contributed by atoms with Crippen molar-refractivity contribution in [2.75, 3.05) is 0 Å². The van der Waals surface area contributed by atoms with Crippen LogP contribution in [0.1, 0.15) is 18.4 Å². The van der Waals surface area contributed by atoms with Gasteiger partial charge in [0.05, 0.1) is 5.54 Å². The lowest BCUT2D eigenvalue weighted by Gasteiger charge is -2.44. The molecule has 1 aromatic rings. The summed E-state index contributed by atoms with van der Waals surface area (Å²) >= 11 is 3.10. The van der Waals surface area contributed by atoms with Gasteiger partial charge in [-0.05, 0) is 12.1 Å². The summed E-state index contributed by atoms with van der Waals surface area (Å²) in [6.07, 6.45) is -0.975. The van der Waals surface area contributed by atoms with Crippen LogP contribution in [0.5, 0.6) is 0 Å². The first kappa shape index (κ1) is 11.0. The van der Waals surface area contributed by atoms with Crippen molar-refractivity contribution in [3.63, 3.8) is 0 Å². The van der Waals surface area contributed by atoms with Gasteiger partial charge in [-0.1, -0.05) is 22.0 Å². The van der Waals surface area contributed by atoms with E-state index in [1.807, 2.05) is 0 Å². The van der Waals surface area contributed by atoms with Gasteiger partial charge < -0.3 is 5.73 Å². The molecular weight excluding hydrogens is 271 g/mol. The quantitative estimate of drug-likeness (QED) is 0.840. The number of hydrogen-bond acceptors (Lipinski definition) is 1. The molecule has 0 radical (unpaired) electrons. The molecule has 0 spiro atoms. The minimum atomic E-state index is -2.76. The normalized spacial score (nSPS) is 22.2. The van der Waals surface area contributed by atoms with Crippen molar-refractivity contribution >= 4 is 15.9 Å². The summed E-state index contributed by atoms with van der Waals surface area (Å²) in [6.45, 7) is 0. The molecule has 1 nitrogen and oxygen atoms in total. The predicted octanol–water partition coefficient (Wildman–Crippen LogP) is 3.17. The molecule has 15 heavy (non-hydrogen) atoms. The fraction of sp³-hybridized carbons (Fsp3) is 0.400. The SMILES string of the molecule is NC1(c2ccc(Br)cc2F)CC(F)(F)C1. The first-order chi connectivity index (χ1) is 6.82. The van der Waals surface area contributed by atoms with E-state index in [2.05, 4.69) is 15.9 Å². The Labute approximate surface area is 93.6 Å². The first-order valence-corrected chi connectivity index (χ1v) is 5.24. The number of nitrogens with two attached hydrogens (primary N) is 1. The van der Waals surface area contributed by atoms with Crippen LogP contribution in [0, 0.1) is 5.82 Å². The Morgan fingerprint density at radius 2 is 1.87 bits per heavy atom. The summed E-state index contributed by atoms with van der Waals surface area (Å²) in [6, 6.07) is 4.29. The van der Waals surface area contributed by atoms with E-state index in [0.717, 1.165) is 0 Å². The van der Waals surface area contributed by atoms with E-state index in [9.17, 15) is 13.2 Å². The van der Waals surface area contributed by atoms with Gasteiger partial charge in [-0.3, -0.25) is 0 Å². The molecule has 0 atom stereocenters. The maximum absolute atomic E-state index is 13.5. The van der Waals surface area contributed by atoms with Gasteiger partial charge in [-0.25, -0.2) is 13.2 Å².